The zero-order chi connectivity index (χ0) is 20.8. The van der Waals surface area contributed by atoms with Crippen LogP contribution in [0.1, 0.15) is 29.5 Å². The van der Waals surface area contributed by atoms with Crippen molar-refractivity contribution in [2.24, 2.45) is 5.92 Å². The lowest BCUT2D eigenvalue weighted by atomic mass is 9.96. The number of rotatable bonds is 4. The maximum Gasteiger partial charge on any atom is 0.313 e. The van der Waals surface area contributed by atoms with Gasteiger partial charge in [-0.3, -0.25) is 9.59 Å². The fourth-order valence-corrected chi connectivity index (χ4v) is 3.47. The summed E-state index contributed by atoms with van der Waals surface area (Å²) in [5, 5.41) is 14.7. The Kier molecular flexibility index (Phi) is 6.45. The van der Waals surface area contributed by atoms with E-state index in [4.69, 9.17) is 0 Å². The number of carbonyl (C=O) groups is 2. The molecule has 1 aromatic heterocycles. The molecule has 29 heavy (non-hydrogen) atoms. The average Bonchev–Trinajstić information content (AvgIpc) is 2.75. The normalized spacial score (nSPS) is 14.2. The Bertz CT molecular complexity index is 942. The second-order valence-corrected chi connectivity index (χ2v) is 7.33. The molecule has 150 valence electrons. The quantitative estimate of drug-likeness (QED) is 0.781. The van der Waals surface area contributed by atoms with Crippen molar-refractivity contribution in [2.75, 3.05) is 29.9 Å². The predicted octanol–water partition coefficient (Wildman–Crippen LogP) is 2.54. The number of anilines is 2. The van der Waals surface area contributed by atoms with Crippen LogP contribution in [-0.2, 0) is 9.59 Å². The topological polar surface area (TPSA) is 98.1 Å². The van der Waals surface area contributed by atoms with Crippen LogP contribution in [0.3, 0.4) is 0 Å². The van der Waals surface area contributed by atoms with Crippen molar-refractivity contribution >= 4 is 23.3 Å². The monoisotopic (exact) mass is 391 g/mol. The molecule has 1 saturated heterocycles. The molecule has 0 unspecified atom stereocenters. The minimum Gasteiger partial charge on any atom is -0.356 e. The molecule has 0 saturated carbocycles. The number of aromatic nitrogens is 1. The maximum absolute atomic E-state index is 12.2. The van der Waals surface area contributed by atoms with E-state index < -0.39 is 11.8 Å². The van der Waals surface area contributed by atoms with E-state index in [1.54, 1.807) is 24.4 Å². The van der Waals surface area contributed by atoms with Crippen molar-refractivity contribution in [3.63, 3.8) is 0 Å². The Balaban J connectivity index is 1.47. The molecule has 3 rings (SSSR count). The Morgan fingerprint density at radius 2 is 1.93 bits per heavy atom. The molecule has 0 bridgehead atoms. The minimum atomic E-state index is -0.650. The minimum absolute atomic E-state index is 0.290. The molecule has 2 aromatic rings. The second-order valence-electron chi connectivity index (χ2n) is 7.33. The second kappa shape index (κ2) is 9.20. The number of hydrogen-bond donors (Lipinski definition) is 2. The number of carbonyl (C=O) groups excluding carboxylic acids is 2. The van der Waals surface area contributed by atoms with Crippen LogP contribution in [0, 0.1) is 31.1 Å². The van der Waals surface area contributed by atoms with Gasteiger partial charge in [0.2, 0.25) is 0 Å². The highest BCUT2D eigenvalue weighted by Gasteiger charge is 2.23. The number of nitrogens with zero attached hydrogens (tertiary/aromatic N) is 3. The van der Waals surface area contributed by atoms with Gasteiger partial charge in [0.1, 0.15) is 11.9 Å². The number of pyridine rings is 1. The maximum atomic E-state index is 12.2. The third kappa shape index (κ3) is 4.91. The fourth-order valence-electron chi connectivity index (χ4n) is 3.47. The molecule has 2 N–H and O–H groups in total. The van der Waals surface area contributed by atoms with Gasteiger partial charge in [0.25, 0.3) is 0 Å². The number of hydrogen-bond acceptors (Lipinski definition) is 5. The Morgan fingerprint density at radius 1 is 1.17 bits per heavy atom. The van der Waals surface area contributed by atoms with Crippen molar-refractivity contribution in [1.82, 2.24) is 10.3 Å². The zero-order valence-electron chi connectivity index (χ0n) is 16.7. The van der Waals surface area contributed by atoms with E-state index in [9.17, 15) is 14.9 Å². The van der Waals surface area contributed by atoms with Crippen LogP contribution >= 0.6 is 0 Å². The standard InChI is InChI=1S/C22H25N5O2/c1-15-5-3-7-19(16(15)2)26-22(29)21(28)25-14-17-8-11-27(12-9-17)20-18(13-23)6-4-10-24-20/h3-7,10,17H,8-9,11-12,14H2,1-2H3,(H,25,28)(H,26,29). The van der Waals surface area contributed by atoms with Gasteiger partial charge in [0.15, 0.2) is 0 Å². The summed E-state index contributed by atoms with van der Waals surface area (Å²) in [5.41, 5.74) is 3.24. The molecule has 2 heterocycles. The number of nitriles is 1. The third-order valence-electron chi connectivity index (χ3n) is 5.43. The van der Waals surface area contributed by atoms with Gasteiger partial charge in [-0.15, -0.1) is 0 Å². The average molecular weight is 391 g/mol. The van der Waals surface area contributed by atoms with Crippen LogP contribution in [0.2, 0.25) is 0 Å². The van der Waals surface area contributed by atoms with E-state index in [0.717, 1.165) is 37.1 Å². The molecule has 1 fully saturated rings. The van der Waals surface area contributed by atoms with Gasteiger partial charge in [-0.2, -0.15) is 5.26 Å². The molecule has 1 aromatic carbocycles. The molecule has 1 aliphatic rings. The summed E-state index contributed by atoms with van der Waals surface area (Å²) in [7, 11) is 0. The lowest BCUT2D eigenvalue weighted by molar-refractivity contribution is -0.136. The molecule has 2 amide bonds. The van der Waals surface area contributed by atoms with Gasteiger partial charge in [-0.25, -0.2) is 4.98 Å². The van der Waals surface area contributed by atoms with Crippen molar-refractivity contribution in [2.45, 2.75) is 26.7 Å². The first-order valence-corrected chi connectivity index (χ1v) is 9.75. The Morgan fingerprint density at radius 3 is 2.66 bits per heavy atom. The molecular weight excluding hydrogens is 366 g/mol. The van der Waals surface area contributed by atoms with Crippen LogP contribution in [0.15, 0.2) is 36.5 Å². The summed E-state index contributed by atoms with van der Waals surface area (Å²) in [4.78, 5) is 30.8. The third-order valence-corrected chi connectivity index (χ3v) is 5.43. The highest BCUT2D eigenvalue weighted by molar-refractivity contribution is 6.39. The number of benzene rings is 1. The first kappa shape index (κ1) is 20.3. The van der Waals surface area contributed by atoms with Gasteiger partial charge in [0.05, 0.1) is 5.56 Å². The van der Waals surface area contributed by atoms with E-state index in [1.807, 2.05) is 26.0 Å². The first-order chi connectivity index (χ1) is 14.0. The van der Waals surface area contributed by atoms with Gasteiger partial charge >= 0.3 is 11.8 Å². The van der Waals surface area contributed by atoms with Gasteiger partial charge < -0.3 is 15.5 Å². The molecule has 7 heteroatoms. The van der Waals surface area contributed by atoms with Crippen molar-refractivity contribution in [1.29, 1.82) is 5.26 Å². The number of amides is 2. The number of aryl methyl sites for hydroxylation is 1. The lowest BCUT2D eigenvalue weighted by Gasteiger charge is -2.33. The molecule has 0 radical (unpaired) electrons. The van der Waals surface area contributed by atoms with Crippen LogP contribution in [-0.4, -0.2) is 36.4 Å². The Hall–Kier alpha value is -3.40. The van der Waals surface area contributed by atoms with Crippen LogP contribution in [0.5, 0.6) is 0 Å². The van der Waals surface area contributed by atoms with Gasteiger partial charge in [0, 0.05) is 31.5 Å². The summed E-state index contributed by atoms with van der Waals surface area (Å²) in [6.07, 6.45) is 3.41. The van der Waals surface area contributed by atoms with Crippen LogP contribution < -0.4 is 15.5 Å². The molecular formula is C22H25N5O2. The summed E-state index contributed by atoms with van der Waals surface area (Å²) in [6.45, 7) is 5.86. The van der Waals surface area contributed by atoms with Crippen molar-refractivity contribution in [3.05, 3.63) is 53.2 Å². The van der Waals surface area contributed by atoms with Crippen molar-refractivity contribution < 1.29 is 9.59 Å². The highest BCUT2D eigenvalue weighted by atomic mass is 16.2. The van der Waals surface area contributed by atoms with E-state index in [2.05, 4.69) is 26.6 Å². The van der Waals surface area contributed by atoms with Crippen LogP contribution in [0.25, 0.3) is 0 Å². The molecule has 7 nitrogen and oxygen atoms in total. The summed E-state index contributed by atoms with van der Waals surface area (Å²) >= 11 is 0. The molecule has 0 spiro atoms. The van der Waals surface area contributed by atoms with E-state index in [0.29, 0.717) is 23.6 Å². The zero-order valence-corrected chi connectivity index (χ0v) is 16.7. The van der Waals surface area contributed by atoms with Gasteiger partial charge in [-0.05, 0) is 61.9 Å². The van der Waals surface area contributed by atoms with E-state index in [1.165, 1.54) is 0 Å². The SMILES string of the molecule is Cc1cccc(NC(=O)C(=O)NCC2CCN(c3ncccc3C#N)CC2)c1C. The predicted molar refractivity (Wildman–Crippen MR) is 111 cm³/mol. The van der Waals surface area contributed by atoms with Crippen molar-refractivity contribution in [3.8, 4) is 6.07 Å². The summed E-state index contributed by atoms with van der Waals surface area (Å²) < 4.78 is 0. The fraction of sp³-hybridized carbons (Fsp3) is 0.364. The number of piperidine rings is 1. The number of nitrogens with one attached hydrogen (secondary N) is 2. The van der Waals surface area contributed by atoms with Crippen LogP contribution in [0.4, 0.5) is 11.5 Å². The van der Waals surface area contributed by atoms with E-state index in [-0.39, 0.29) is 5.92 Å². The smallest absolute Gasteiger partial charge is 0.313 e. The highest BCUT2D eigenvalue weighted by Crippen LogP contribution is 2.24. The first-order valence-electron chi connectivity index (χ1n) is 9.75. The van der Waals surface area contributed by atoms with Gasteiger partial charge in [-0.1, -0.05) is 12.1 Å². The van der Waals surface area contributed by atoms with E-state index >= 15 is 0 Å². The summed E-state index contributed by atoms with van der Waals surface area (Å²) in [5.74, 6) is -0.267. The summed E-state index contributed by atoms with van der Waals surface area (Å²) in [6, 6.07) is 11.3. The Labute approximate surface area is 170 Å². The molecule has 0 aliphatic carbocycles. The largest absolute Gasteiger partial charge is 0.356 e. The lowest BCUT2D eigenvalue weighted by Crippen LogP contribution is -2.42. The molecule has 1 aliphatic heterocycles. The molecule has 0 atom stereocenters.